The van der Waals surface area contributed by atoms with Crippen molar-refractivity contribution in [1.29, 1.82) is 0 Å². The van der Waals surface area contributed by atoms with Crippen LogP contribution in [0.15, 0.2) is 24.3 Å². The van der Waals surface area contributed by atoms with E-state index < -0.39 is 12.1 Å². The predicted octanol–water partition coefficient (Wildman–Crippen LogP) is 22.5. The number of carbonyl (C=O) groups is 2. The van der Waals surface area contributed by atoms with Crippen LogP contribution in [0.4, 0.5) is 0 Å². The van der Waals surface area contributed by atoms with Crippen molar-refractivity contribution in [2.24, 2.45) is 0 Å². The molecule has 1 amide bonds. The highest BCUT2D eigenvalue weighted by Gasteiger charge is 2.18. The number of nitrogens with one attached hydrogen (secondary N) is 1. The number of esters is 1. The molecule has 0 aromatic rings. The Labute approximate surface area is 481 Å². The molecule has 0 saturated carbocycles. The van der Waals surface area contributed by atoms with Crippen molar-refractivity contribution in [2.45, 2.75) is 405 Å². The monoisotopic (exact) mass is 1080 g/mol. The molecule has 0 saturated heterocycles. The van der Waals surface area contributed by atoms with Crippen LogP contribution in [0.3, 0.4) is 0 Å². The number of aliphatic hydroxyl groups is 2. The minimum Gasteiger partial charge on any atom is -0.466 e. The molecule has 0 radical (unpaired) electrons. The summed E-state index contributed by atoms with van der Waals surface area (Å²) in [7, 11) is 0. The lowest BCUT2D eigenvalue weighted by Crippen LogP contribution is -2.45. The second-order valence-electron chi connectivity index (χ2n) is 24.2. The van der Waals surface area contributed by atoms with Crippen LogP contribution < -0.4 is 5.32 Å². The molecule has 0 aliphatic heterocycles. The Morgan fingerprint density at radius 1 is 0.351 bits per heavy atom. The quantitative estimate of drug-likeness (QED) is 0.0320. The van der Waals surface area contributed by atoms with Gasteiger partial charge in [-0.1, -0.05) is 346 Å². The molecule has 2 unspecified atom stereocenters. The summed E-state index contributed by atoms with van der Waals surface area (Å²) in [6, 6.07) is -0.627. The van der Waals surface area contributed by atoms with Gasteiger partial charge in [-0.2, -0.15) is 0 Å². The first kappa shape index (κ1) is 75.3. The standard InChI is InChI=1S/C71H137NO5/c1-3-5-7-9-11-13-15-17-19-21-28-33-37-41-45-49-53-57-61-65-71(76)77-66-62-58-54-50-46-42-38-34-30-27-25-23-22-24-26-29-32-36-40-44-48-52-56-60-64-70(75)72-68(67-73)69(74)63-59-55-51-47-43-39-35-31-20-18-16-14-12-10-8-6-4-2/h17,19,59,63,68-69,73-74H,3-16,18,20-58,60-62,64-67H2,1-2H3,(H,72,75)/b19-17-,63-59+. The smallest absolute Gasteiger partial charge is 0.305 e. The fourth-order valence-electron chi connectivity index (χ4n) is 11.1. The van der Waals surface area contributed by atoms with E-state index in [1.165, 1.54) is 327 Å². The summed E-state index contributed by atoms with van der Waals surface area (Å²) in [6.07, 6.45) is 83.9. The van der Waals surface area contributed by atoms with Gasteiger partial charge in [-0.05, 0) is 57.8 Å². The molecular weight excluding hydrogens is 947 g/mol. The van der Waals surface area contributed by atoms with E-state index in [9.17, 15) is 19.8 Å². The molecular formula is C71H137NO5. The van der Waals surface area contributed by atoms with Gasteiger partial charge in [0, 0.05) is 12.8 Å². The van der Waals surface area contributed by atoms with Gasteiger partial charge in [0.15, 0.2) is 0 Å². The Bertz CT molecular complexity index is 1200. The molecule has 0 rings (SSSR count). The minimum atomic E-state index is -0.844. The van der Waals surface area contributed by atoms with Crippen LogP contribution in [0, 0.1) is 0 Å². The lowest BCUT2D eigenvalue weighted by atomic mass is 10.0. The van der Waals surface area contributed by atoms with Crippen LogP contribution in [0.2, 0.25) is 0 Å². The fourth-order valence-corrected chi connectivity index (χ4v) is 11.1. The van der Waals surface area contributed by atoms with Gasteiger partial charge >= 0.3 is 5.97 Å². The summed E-state index contributed by atoms with van der Waals surface area (Å²) in [5.74, 6) is -0.0483. The summed E-state index contributed by atoms with van der Waals surface area (Å²) >= 11 is 0. The third-order valence-electron chi connectivity index (χ3n) is 16.5. The topological polar surface area (TPSA) is 95.9 Å². The molecule has 77 heavy (non-hydrogen) atoms. The zero-order valence-electron chi connectivity index (χ0n) is 52.2. The van der Waals surface area contributed by atoms with Gasteiger partial charge < -0.3 is 20.3 Å². The van der Waals surface area contributed by atoms with Crippen LogP contribution in [-0.2, 0) is 14.3 Å². The Balaban J connectivity index is 3.37. The fraction of sp³-hybridized carbons (Fsp3) is 0.915. The highest BCUT2D eigenvalue weighted by molar-refractivity contribution is 5.76. The first-order valence-electron chi connectivity index (χ1n) is 35.1. The SMILES string of the molecule is CCCCCCCC/C=C\CCCCCCCCCCCC(=O)OCCCCCCCCCCCCCCCCCCCCCCCCCCC(=O)NC(CO)C(O)/C=C/CCCCCCCCCCCCCCCCC. The first-order valence-corrected chi connectivity index (χ1v) is 35.1. The number of rotatable bonds is 66. The van der Waals surface area contributed by atoms with Crippen LogP contribution >= 0.6 is 0 Å². The van der Waals surface area contributed by atoms with Gasteiger partial charge in [0.25, 0.3) is 0 Å². The molecule has 0 bridgehead atoms. The minimum absolute atomic E-state index is 0.0153. The molecule has 0 aliphatic carbocycles. The van der Waals surface area contributed by atoms with Crippen LogP contribution in [0.5, 0.6) is 0 Å². The number of hydrogen-bond acceptors (Lipinski definition) is 5. The first-order chi connectivity index (χ1) is 38.0. The predicted molar refractivity (Wildman–Crippen MR) is 338 cm³/mol. The second kappa shape index (κ2) is 66.8. The number of ether oxygens (including phenoxy) is 1. The van der Waals surface area contributed by atoms with Gasteiger partial charge in [0.05, 0.1) is 25.4 Å². The number of allylic oxidation sites excluding steroid dienone is 3. The van der Waals surface area contributed by atoms with Crippen LogP contribution in [0.1, 0.15) is 393 Å². The lowest BCUT2D eigenvalue weighted by molar-refractivity contribution is -0.143. The third-order valence-corrected chi connectivity index (χ3v) is 16.5. The van der Waals surface area contributed by atoms with E-state index in [-0.39, 0.29) is 18.5 Å². The van der Waals surface area contributed by atoms with Crippen molar-refractivity contribution in [3.8, 4) is 0 Å². The number of amides is 1. The van der Waals surface area contributed by atoms with E-state index >= 15 is 0 Å². The maximum atomic E-state index is 12.5. The van der Waals surface area contributed by atoms with E-state index in [2.05, 4.69) is 31.3 Å². The molecule has 456 valence electrons. The molecule has 0 aromatic heterocycles. The maximum absolute atomic E-state index is 12.5. The maximum Gasteiger partial charge on any atom is 0.305 e. The Morgan fingerprint density at radius 3 is 0.922 bits per heavy atom. The summed E-state index contributed by atoms with van der Waals surface area (Å²) in [4.78, 5) is 24.6. The molecule has 0 spiro atoms. The molecule has 0 heterocycles. The zero-order chi connectivity index (χ0) is 55.7. The average Bonchev–Trinajstić information content (AvgIpc) is 3.43. The average molecular weight is 1080 g/mol. The van der Waals surface area contributed by atoms with Crippen molar-refractivity contribution in [3.63, 3.8) is 0 Å². The number of aliphatic hydroxyl groups excluding tert-OH is 2. The van der Waals surface area contributed by atoms with Gasteiger partial charge in [-0.25, -0.2) is 0 Å². The molecule has 6 heteroatoms. The Hall–Kier alpha value is -1.66. The van der Waals surface area contributed by atoms with Crippen LogP contribution in [-0.4, -0.2) is 47.4 Å². The van der Waals surface area contributed by atoms with E-state index in [1.807, 2.05) is 6.08 Å². The van der Waals surface area contributed by atoms with E-state index in [0.717, 1.165) is 38.5 Å². The van der Waals surface area contributed by atoms with Gasteiger partial charge in [-0.15, -0.1) is 0 Å². The summed E-state index contributed by atoms with van der Waals surface area (Å²) in [5, 5.41) is 23.2. The van der Waals surface area contributed by atoms with Crippen LogP contribution in [0.25, 0.3) is 0 Å². The molecule has 6 nitrogen and oxygen atoms in total. The summed E-state index contributed by atoms with van der Waals surface area (Å²) < 4.78 is 5.51. The van der Waals surface area contributed by atoms with Crippen molar-refractivity contribution < 1.29 is 24.5 Å². The Kier molecular flexibility index (Phi) is 65.4. The molecule has 2 atom stereocenters. The Morgan fingerprint density at radius 2 is 0.610 bits per heavy atom. The van der Waals surface area contributed by atoms with Gasteiger partial charge in [0.1, 0.15) is 0 Å². The summed E-state index contributed by atoms with van der Waals surface area (Å²) in [6.45, 7) is 4.94. The highest BCUT2D eigenvalue weighted by atomic mass is 16.5. The summed E-state index contributed by atoms with van der Waals surface area (Å²) in [5.41, 5.74) is 0. The van der Waals surface area contributed by atoms with Crippen molar-refractivity contribution in [1.82, 2.24) is 5.32 Å². The molecule has 0 fully saturated rings. The van der Waals surface area contributed by atoms with Gasteiger partial charge in [-0.3, -0.25) is 9.59 Å². The molecule has 0 aliphatic rings. The number of unbranched alkanes of at least 4 members (excludes halogenated alkanes) is 53. The highest BCUT2D eigenvalue weighted by Crippen LogP contribution is 2.19. The largest absolute Gasteiger partial charge is 0.466 e. The molecule has 0 aromatic carbocycles. The zero-order valence-corrected chi connectivity index (χ0v) is 52.2. The van der Waals surface area contributed by atoms with E-state index in [4.69, 9.17) is 4.74 Å². The number of hydrogen-bond donors (Lipinski definition) is 3. The van der Waals surface area contributed by atoms with Gasteiger partial charge in [0.2, 0.25) is 5.91 Å². The second-order valence-corrected chi connectivity index (χ2v) is 24.2. The van der Waals surface area contributed by atoms with E-state index in [0.29, 0.717) is 19.4 Å². The molecule has 3 N–H and O–H groups in total. The third kappa shape index (κ3) is 63.4. The normalized spacial score (nSPS) is 12.6. The van der Waals surface area contributed by atoms with Crippen molar-refractivity contribution >= 4 is 11.9 Å². The van der Waals surface area contributed by atoms with Crippen molar-refractivity contribution in [2.75, 3.05) is 13.2 Å². The number of carbonyl (C=O) groups excluding carboxylic acids is 2. The van der Waals surface area contributed by atoms with Crippen molar-refractivity contribution in [3.05, 3.63) is 24.3 Å². The van der Waals surface area contributed by atoms with E-state index in [1.54, 1.807) is 6.08 Å². The lowest BCUT2D eigenvalue weighted by Gasteiger charge is -2.20.